The van der Waals surface area contributed by atoms with Crippen LogP contribution < -0.4 is 16.0 Å². The van der Waals surface area contributed by atoms with E-state index >= 15 is 0 Å². The first-order valence-corrected chi connectivity index (χ1v) is 5.91. The minimum Gasteiger partial charge on any atom is -0.494 e. The third kappa shape index (κ3) is 2.74. The SMILES string of the molecule is Cc1[nH]n(CCCOc2ccccc2)c(=O)c1N. The standard InChI is InChI=1S/C13H17N3O2/c1-10-12(14)13(17)16(15-10)8-5-9-18-11-6-3-2-4-7-11/h2-4,6-7,15H,5,8-9,14H2,1H3. The van der Waals surface area contributed by atoms with Gasteiger partial charge in [-0.3, -0.25) is 14.6 Å². The maximum Gasteiger partial charge on any atom is 0.289 e. The fourth-order valence-corrected chi connectivity index (χ4v) is 1.71. The summed E-state index contributed by atoms with van der Waals surface area (Å²) in [5, 5.41) is 2.93. The molecule has 1 aromatic heterocycles. The van der Waals surface area contributed by atoms with Crippen LogP contribution in [0.5, 0.6) is 5.75 Å². The highest BCUT2D eigenvalue weighted by atomic mass is 16.5. The zero-order valence-electron chi connectivity index (χ0n) is 10.3. The molecule has 0 fully saturated rings. The number of nitrogens with one attached hydrogen (secondary N) is 1. The van der Waals surface area contributed by atoms with Gasteiger partial charge in [-0.25, -0.2) is 0 Å². The van der Waals surface area contributed by atoms with E-state index in [4.69, 9.17) is 10.5 Å². The summed E-state index contributed by atoms with van der Waals surface area (Å²) >= 11 is 0. The highest BCUT2D eigenvalue weighted by molar-refractivity contribution is 5.39. The van der Waals surface area contributed by atoms with Crippen LogP contribution in [0.25, 0.3) is 0 Å². The fraction of sp³-hybridized carbons (Fsp3) is 0.308. The lowest BCUT2D eigenvalue weighted by molar-refractivity contribution is 0.297. The van der Waals surface area contributed by atoms with Gasteiger partial charge in [-0.1, -0.05) is 18.2 Å². The van der Waals surface area contributed by atoms with E-state index in [2.05, 4.69) is 5.10 Å². The van der Waals surface area contributed by atoms with Crippen LogP contribution in [0, 0.1) is 6.92 Å². The normalized spacial score (nSPS) is 10.5. The van der Waals surface area contributed by atoms with Gasteiger partial charge in [0.2, 0.25) is 0 Å². The quantitative estimate of drug-likeness (QED) is 0.787. The third-order valence-electron chi connectivity index (χ3n) is 2.72. The Balaban J connectivity index is 1.82. The number of nitrogen functional groups attached to an aromatic ring is 1. The Morgan fingerprint density at radius 2 is 2.06 bits per heavy atom. The molecule has 96 valence electrons. The highest BCUT2D eigenvalue weighted by Gasteiger charge is 2.06. The molecule has 0 aliphatic heterocycles. The Labute approximate surface area is 105 Å². The molecular weight excluding hydrogens is 230 g/mol. The molecule has 0 aliphatic carbocycles. The molecule has 1 heterocycles. The summed E-state index contributed by atoms with van der Waals surface area (Å²) < 4.78 is 7.06. The smallest absolute Gasteiger partial charge is 0.289 e. The Kier molecular flexibility index (Phi) is 3.72. The Hall–Kier alpha value is -2.17. The van der Waals surface area contributed by atoms with Gasteiger partial charge in [0.15, 0.2) is 0 Å². The molecule has 5 nitrogen and oxygen atoms in total. The number of aryl methyl sites for hydroxylation is 2. The minimum absolute atomic E-state index is 0.160. The number of rotatable bonds is 5. The molecule has 5 heteroatoms. The Bertz CT molecular complexity index is 557. The van der Waals surface area contributed by atoms with E-state index in [9.17, 15) is 4.79 Å². The lowest BCUT2D eigenvalue weighted by Gasteiger charge is -2.05. The number of hydrogen-bond acceptors (Lipinski definition) is 3. The zero-order chi connectivity index (χ0) is 13.0. The molecule has 2 aromatic rings. The number of benzene rings is 1. The van der Waals surface area contributed by atoms with Crippen molar-refractivity contribution in [1.82, 2.24) is 9.78 Å². The van der Waals surface area contributed by atoms with Crippen LogP contribution in [0.3, 0.4) is 0 Å². The maximum absolute atomic E-state index is 11.6. The van der Waals surface area contributed by atoms with Crippen LogP contribution in [0.2, 0.25) is 0 Å². The van der Waals surface area contributed by atoms with Crippen molar-refractivity contribution in [2.45, 2.75) is 19.9 Å². The van der Waals surface area contributed by atoms with E-state index in [-0.39, 0.29) is 5.56 Å². The van der Waals surface area contributed by atoms with Gasteiger partial charge in [0.25, 0.3) is 5.56 Å². The topological polar surface area (TPSA) is 73.0 Å². The minimum atomic E-state index is -0.160. The van der Waals surface area contributed by atoms with Crippen molar-refractivity contribution in [3.63, 3.8) is 0 Å². The molecule has 1 aromatic carbocycles. The zero-order valence-corrected chi connectivity index (χ0v) is 10.3. The molecule has 0 saturated heterocycles. The van der Waals surface area contributed by atoms with Crippen molar-refractivity contribution in [1.29, 1.82) is 0 Å². The van der Waals surface area contributed by atoms with Crippen molar-refractivity contribution < 1.29 is 4.74 Å². The number of ether oxygens (including phenoxy) is 1. The van der Waals surface area contributed by atoms with Gasteiger partial charge in [-0.2, -0.15) is 0 Å². The van der Waals surface area contributed by atoms with Gasteiger partial charge in [0.05, 0.1) is 12.3 Å². The predicted octanol–water partition coefficient (Wildman–Crippen LogP) is 1.54. The molecule has 0 radical (unpaired) electrons. The van der Waals surface area contributed by atoms with Crippen molar-refractivity contribution in [2.75, 3.05) is 12.3 Å². The van der Waals surface area contributed by atoms with E-state index in [0.29, 0.717) is 24.5 Å². The molecule has 2 rings (SSSR count). The summed E-state index contributed by atoms with van der Waals surface area (Å²) in [6.07, 6.45) is 0.744. The molecule has 0 saturated carbocycles. The number of hydrogen-bond donors (Lipinski definition) is 2. The largest absolute Gasteiger partial charge is 0.494 e. The average Bonchev–Trinajstić information content (AvgIpc) is 2.64. The lowest BCUT2D eigenvalue weighted by atomic mass is 10.3. The van der Waals surface area contributed by atoms with Gasteiger partial charge in [-0.05, 0) is 19.1 Å². The van der Waals surface area contributed by atoms with Crippen LogP contribution in [0.4, 0.5) is 5.69 Å². The lowest BCUT2D eigenvalue weighted by Crippen LogP contribution is -2.19. The number of H-pyrrole nitrogens is 1. The van der Waals surface area contributed by atoms with Crippen molar-refractivity contribution >= 4 is 5.69 Å². The van der Waals surface area contributed by atoms with Gasteiger partial charge >= 0.3 is 0 Å². The van der Waals surface area contributed by atoms with E-state index in [0.717, 1.165) is 12.2 Å². The number of anilines is 1. The second-order valence-electron chi connectivity index (χ2n) is 4.12. The summed E-state index contributed by atoms with van der Waals surface area (Å²) in [6, 6.07) is 9.60. The molecule has 0 aliphatic rings. The fourth-order valence-electron chi connectivity index (χ4n) is 1.71. The van der Waals surface area contributed by atoms with E-state index in [1.165, 1.54) is 4.68 Å². The summed E-state index contributed by atoms with van der Waals surface area (Å²) in [6.45, 7) is 2.92. The van der Waals surface area contributed by atoms with Crippen molar-refractivity contribution in [3.05, 3.63) is 46.4 Å². The van der Waals surface area contributed by atoms with E-state index < -0.39 is 0 Å². The highest BCUT2D eigenvalue weighted by Crippen LogP contribution is 2.08. The van der Waals surface area contributed by atoms with Crippen LogP contribution in [-0.2, 0) is 6.54 Å². The summed E-state index contributed by atoms with van der Waals surface area (Å²) in [5.74, 6) is 0.840. The molecule has 0 atom stereocenters. The van der Waals surface area contributed by atoms with Gasteiger partial charge in [0.1, 0.15) is 11.4 Å². The van der Waals surface area contributed by atoms with Crippen LogP contribution in [-0.4, -0.2) is 16.4 Å². The molecule has 0 bridgehead atoms. The van der Waals surface area contributed by atoms with Crippen molar-refractivity contribution in [3.8, 4) is 5.75 Å². The average molecular weight is 247 g/mol. The Morgan fingerprint density at radius 3 is 2.67 bits per heavy atom. The summed E-state index contributed by atoms with van der Waals surface area (Å²) in [5.41, 5.74) is 6.44. The van der Waals surface area contributed by atoms with Crippen molar-refractivity contribution in [2.24, 2.45) is 0 Å². The molecule has 18 heavy (non-hydrogen) atoms. The first-order valence-electron chi connectivity index (χ1n) is 5.91. The molecule has 0 amide bonds. The van der Waals surface area contributed by atoms with Crippen LogP contribution in [0.1, 0.15) is 12.1 Å². The first kappa shape index (κ1) is 12.3. The van der Waals surface area contributed by atoms with Gasteiger partial charge in [-0.15, -0.1) is 0 Å². The number of aromatic nitrogens is 2. The third-order valence-corrected chi connectivity index (χ3v) is 2.72. The number of para-hydroxylation sites is 1. The number of aromatic amines is 1. The molecule has 0 unspecified atom stereocenters. The van der Waals surface area contributed by atoms with Crippen LogP contribution >= 0.6 is 0 Å². The second-order valence-corrected chi connectivity index (χ2v) is 4.12. The first-order chi connectivity index (χ1) is 8.68. The number of nitrogens with zero attached hydrogens (tertiary/aromatic N) is 1. The summed E-state index contributed by atoms with van der Waals surface area (Å²) in [7, 11) is 0. The van der Waals surface area contributed by atoms with Gasteiger partial charge in [0, 0.05) is 13.0 Å². The second kappa shape index (κ2) is 5.44. The number of nitrogens with two attached hydrogens (primary N) is 1. The summed E-state index contributed by atoms with van der Waals surface area (Å²) in [4.78, 5) is 11.6. The molecule has 3 N–H and O–H groups in total. The van der Waals surface area contributed by atoms with Gasteiger partial charge < -0.3 is 10.5 Å². The van der Waals surface area contributed by atoms with Crippen LogP contribution in [0.15, 0.2) is 35.1 Å². The molecular formula is C13H17N3O2. The predicted molar refractivity (Wildman–Crippen MR) is 70.8 cm³/mol. The monoisotopic (exact) mass is 247 g/mol. The maximum atomic E-state index is 11.6. The van der Waals surface area contributed by atoms with E-state index in [1.807, 2.05) is 30.3 Å². The Morgan fingerprint density at radius 1 is 1.33 bits per heavy atom. The molecule has 0 spiro atoms. The van der Waals surface area contributed by atoms with E-state index in [1.54, 1.807) is 6.92 Å².